The van der Waals surface area contributed by atoms with Gasteiger partial charge in [0.2, 0.25) is 5.95 Å². The largest absolute Gasteiger partial charge is 0.353 e. The summed E-state index contributed by atoms with van der Waals surface area (Å²) in [5, 5.41) is 3.94. The maximum Gasteiger partial charge on any atom is 0.332 e. The Labute approximate surface area is 155 Å². The van der Waals surface area contributed by atoms with E-state index in [0.717, 1.165) is 16.6 Å². The first-order valence-electron chi connectivity index (χ1n) is 8.51. The van der Waals surface area contributed by atoms with Gasteiger partial charge in [-0.1, -0.05) is 36.7 Å². The fourth-order valence-corrected chi connectivity index (χ4v) is 3.03. The van der Waals surface area contributed by atoms with Gasteiger partial charge in [0.25, 0.3) is 5.56 Å². The third-order valence-corrected chi connectivity index (χ3v) is 4.99. The number of halogens is 1. The average molecular weight is 376 g/mol. The van der Waals surface area contributed by atoms with E-state index < -0.39 is 5.69 Å². The van der Waals surface area contributed by atoms with Crippen molar-refractivity contribution < 1.29 is 0 Å². The van der Waals surface area contributed by atoms with Crippen molar-refractivity contribution in [3.8, 4) is 0 Å². The number of imidazole rings is 1. The van der Waals surface area contributed by atoms with Gasteiger partial charge in [-0.3, -0.25) is 18.5 Å². The van der Waals surface area contributed by atoms with Gasteiger partial charge >= 0.3 is 5.69 Å². The van der Waals surface area contributed by atoms with Gasteiger partial charge in [0.1, 0.15) is 0 Å². The van der Waals surface area contributed by atoms with E-state index in [1.165, 1.54) is 11.6 Å². The summed E-state index contributed by atoms with van der Waals surface area (Å²) in [5.41, 5.74) is 0.827. The summed E-state index contributed by atoms with van der Waals surface area (Å²) >= 11 is 6.31. The number of fused-ring (bicyclic) bond motifs is 1. The molecule has 2 heterocycles. The Balaban J connectivity index is 2.30. The first-order chi connectivity index (χ1) is 12.3. The SMILES string of the molecule is CC[C@H](C)Nc1nc2c(c(=O)n(C)c(=O)n2C)n1Cc1ccccc1Cl. The summed E-state index contributed by atoms with van der Waals surface area (Å²) in [4.78, 5) is 29.6. The lowest BCUT2D eigenvalue weighted by Crippen LogP contribution is -2.37. The number of nitrogens with zero attached hydrogens (tertiary/aromatic N) is 4. The molecule has 3 rings (SSSR count). The van der Waals surface area contributed by atoms with E-state index in [-0.39, 0.29) is 11.6 Å². The molecule has 0 unspecified atom stereocenters. The molecule has 0 aliphatic rings. The van der Waals surface area contributed by atoms with Gasteiger partial charge in [-0.15, -0.1) is 0 Å². The van der Waals surface area contributed by atoms with E-state index in [1.54, 1.807) is 11.6 Å². The molecule has 0 bridgehead atoms. The predicted molar refractivity (Wildman–Crippen MR) is 104 cm³/mol. The highest BCUT2D eigenvalue weighted by atomic mass is 35.5. The van der Waals surface area contributed by atoms with E-state index >= 15 is 0 Å². The van der Waals surface area contributed by atoms with Crippen molar-refractivity contribution in [1.82, 2.24) is 18.7 Å². The number of rotatable bonds is 5. The fourth-order valence-electron chi connectivity index (χ4n) is 2.83. The van der Waals surface area contributed by atoms with Crippen LogP contribution < -0.4 is 16.6 Å². The van der Waals surface area contributed by atoms with Crippen molar-refractivity contribution in [3.05, 3.63) is 55.7 Å². The molecule has 2 aromatic heterocycles. The molecule has 3 aromatic rings. The van der Waals surface area contributed by atoms with E-state index in [0.29, 0.717) is 28.7 Å². The highest BCUT2D eigenvalue weighted by Crippen LogP contribution is 2.22. The maximum absolute atomic E-state index is 12.8. The summed E-state index contributed by atoms with van der Waals surface area (Å²) in [6.45, 7) is 4.48. The molecule has 1 aromatic carbocycles. The Kier molecular flexibility index (Phi) is 4.91. The molecular formula is C18H22ClN5O2. The smallest absolute Gasteiger partial charge is 0.332 e. The molecule has 0 aliphatic carbocycles. The summed E-state index contributed by atoms with van der Waals surface area (Å²) < 4.78 is 4.28. The zero-order chi connectivity index (χ0) is 19.0. The molecule has 0 amide bonds. The second-order valence-electron chi connectivity index (χ2n) is 6.44. The van der Waals surface area contributed by atoms with Crippen LogP contribution >= 0.6 is 11.6 Å². The minimum absolute atomic E-state index is 0.165. The third-order valence-electron chi connectivity index (χ3n) is 4.62. The van der Waals surface area contributed by atoms with Crippen LogP contribution in [0.2, 0.25) is 5.02 Å². The predicted octanol–water partition coefficient (Wildman–Crippen LogP) is 2.35. The number of anilines is 1. The van der Waals surface area contributed by atoms with E-state index in [9.17, 15) is 9.59 Å². The van der Waals surface area contributed by atoms with E-state index in [1.807, 2.05) is 31.2 Å². The molecule has 138 valence electrons. The van der Waals surface area contributed by atoms with Crippen molar-refractivity contribution in [1.29, 1.82) is 0 Å². The van der Waals surface area contributed by atoms with Gasteiger partial charge in [0, 0.05) is 25.2 Å². The number of hydrogen-bond donors (Lipinski definition) is 1. The monoisotopic (exact) mass is 375 g/mol. The van der Waals surface area contributed by atoms with Gasteiger partial charge in [-0.25, -0.2) is 4.79 Å². The standard InChI is InChI=1S/C18H22ClN5O2/c1-5-11(2)20-17-21-15-14(16(25)23(4)18(26)22(15)3)24(17)10-12-8-6-7-9-13(12)19/h6-9,11H,5,10H2,1-4H3,(H,20,21)/t11-/m0/s1. The maximum atomic E-state index is 12.8. The van der Waals surface area contributed by atoms with Crippen molar-refractivity contribution in [2.24, 2.45) is 14.1 Å². The molecule has 8 heteroatoms. The molecule has 0 saturated carbocycles. The minimum atomic E-state index is -0.403. The van der Waals surface area contributed by atoms with Crippen LogP contribution in [0.25, 0.3) is 11.2 Å². The van der Waals surface area contributed by atoms with Crippen molar-refractivity contribution in [3.63, 3.8) is 0 Å². The molecule has 1 N–H and O–H groups in total. The number of hydrogen-bond acceptors (Lipinski definition) is 4. The summed E-state index contributed by atoms with van der Waals surface area (Å²) in [6, 6.07) is 7.64. The van der Waals surface area contributed by atoms with Gasteiger partial charge < -0.3 is 5.32 Å². The van der Waals surface area contributed by atoms with E-state index in [2.05, 4.69) is 17.2 Å². The highest BCUT2D eigenvalue weighted by molar-refractivity contribution is 6.31. The topological polar surface area (TPSA) is 73.8 Å². The Morgan fingerprint density at radius 3 is 2.54 bits per heavy atom. The lowest BCUT2D eigenvalue weighted by atomic mass is 10.2. The summed E-state index contributed by atoms with van der Waals surface area (Å²) in [5.74, 6) is 0.549. The van der Waals surface area contributed by atoms with Crippen LogP contribution in [0.4, 0.5) is 5.95 Å². The van der Waals surface area contributed by atoms with E-state index in [4.69, 9.17) is 11.6 Å². The van der Waals surface area contributed by atoms with Crippen LogP contribution in [-0.2, 0) is 20.6 Å². The van der Waals surface area contributed by atoms with Gasteiger partial charge in [-0.05, 0) is 25.0 Å². The van der Waals surface area contributed by atoms with Crippen molar-refractivity contribution in [2.75, 3.05) is 5.32 Å². The van der Waals surface area contributed by atoms with Crippen molar-refractivity contribution >= 4 is 28.7 Å². The molecule has 0 radical (unpaired) electrons. The highest BCUT2D eigenvalue weighted by Gasteiger charge is 2.20. The molecule has 0 saturated heterocycles. The summed E-state index contributed by atoms with van der Waals surface area (Å²) in [7, 11) is 3.09. The van der Waals surface area contributed by atoms with Crippen LogP contribution in [0.1, 0.15) is 25.8 Å². The molecule has 0 aliphatic heterocycles. The molecule has 0 spiro atoms. The Bertz CT molecular complexity index is 1080. The van der Waals surface area contributed by atoms with Crippen LogP contribution in [0, 0.1) is 0 Å². The van der Waals surface area contributed by atoms with Crippen LogP contribution in [0.5, 0.6) is 0 Å². The van der Waals surface area contributed by atoms with Crippen LogP contribution in [0.3, 0.4) is 0 Å². The second-order valence-corrected chi connectivity index (χ2v) is 6.85. The Morgan fingerprint density at radius 1 is 1.19 bits per heavy atom. The molecule has 7 nitrogen and oxygen atoms in total. The van der Waals surface area contributed by atoms with Crippen LogP contribution in [0.15, 0.2) is 33.9 Å². The minimum Gasteiger partial charge on any atom is -0.353 e. The first-order valence-corrected chi connectivity index (χ1v) is 8.89. The van der Waals surface area contributed by atoms with Gasteiger partial charge in [-0.2, -0.15) is 4.98 Å². The number of benzene rings is 1. The average Bonchev–Trinajstić information content (AvgIpc) is 2.98. The van der Waals surface area contributed by atoms with Gasteiger partial charge in [0.05, 0.1) is 6.54 Å². The fraction of sp³-hybridized carbons (Fsp3) is 0.389. The first kappa shape index (κ1) is 18.3. The molecule has 1 atom stereocenters. The Morgan fingerprint density at radius 2 is 1.88 bits per heavy atom. The summed E-state index contributed by atoms with van der Waals surface area (Å²) in [6.07, 6.45) is 0.895. The quantitative estimate of drug-likeness (QED) is 0.742. The molecule has 0 fully saturated rings. The zero-order valence-corrected chi connectivity index (χ0v) is 16.0. The third kappa shape index (κ3) is 3.03. The zero-order valence-electron chi connectivity index (χ0n) is 15.3. The van der Waals surface area contributed by atoms with Gasteiger partial charge in [0.15, 0.2) is 11.2 Å². The second kappa shape index (κ2) is 6.99. The number of aromatic nitrogens is 4. The van der Waals surface area contributed by atoms with Crippen LogP contribution in [-0.4, -0.2) is 24.7 Å². The number of nitrogens with one attached hydrogen (secondary N) is 1. The molecule has 26 heavy (non-hydrogen) atoms. The lowest BCUT2D eigenvalue weighted by Gasteiger charge is -2.15. The molecular weight excluding hydrogens is 354 g/mol. The lowest BCUT2D eigenvalue weighted by molar-refractivity contribution is 0.701. The normalized spacial score (nSPS) is 12.5. The Hall–Kier alpha value is -2.54. The van der Waals surface area contributed by atoms with Crippen molar-refractivity contribution in [2.45, 2.75) is 32.9 Å². The number of aryl methyl sites for hydroxylation is 1.